The molecule has 2 rings (SSSR count). The Kier molecular flexibility index (Phi) is 4.31. The fourth-order valence-electron chi connectivity index (χ4n) is 2.18. The van der Waals surface area contributed by atoms with Gasteiger partial charge in [-0.15, -0.1) is 0 Å². The minimum atomic E-state index is -0.352. The Hall–Kier alpha value is -0.980. The second kappa shape index (κ2) is 5.77. The van der Waals surface area contributed by atoms with Gasteiger partial charge in [-0.1, -0.05) is 15.9 Å². The first-order valence-corrected chi connectivity index (χ1v) is 6.74. The maximum absolute atomic E-state index is 10.8. The van der Waals surface area contributed by atoms with Crippen molar-refractivity contribution in [2.45, 2.75) is 19.5 Å². The minimum Gasteiger partial charge on any atom is -0.314 e. The zero-order chi connectivity index (χ0) is 13.1. The van der Waals surface area contributed by atoms with Gasteiger partial charge in [-0.05, 0) is 18.6 Å². The molecule has 18 heavy (non-hydrogen) atoms. The smallest absolute Gasteiger partial charge is 0.270 e. The number of non-ortho nitro benzene ring substituents is 1. The lowest BCUT2D eigenvalue weighted by atomic mass is 10.1. The highest BCUT2D eigenvalue weighted by Crippen LogP contribution is 2.23. The summed E-state index contributed by atoms with van der Waals surface area (Å²) >= 11 is 3.33. The van der Waals surface area contributed by atoms with E-state index in [2.05, 4.69) is 33.1 Å². The van der Waals surface area contributed by atoms with Crippen molar-refractivity contribution in [2.75, 3.05) is 19.6 Å². The standard InChI is InChI=1S/C12H16BrN3O2/c1-9-7-14-2-3-15(9)8-10-4-11(13)6-12(5-10)16(17)18/h4-6,9,14H,2-3,7-8H2,1H3/t9-/m1/s1. The first-order chi connectivity index (χ1) is 8.56. The van der Waals surface area contributed by atoms with Crippen LogP contribution in [-0.4, -0.2) is 35.5 Å². The minimum absolute atomic E-state index is 0.141. The fraction of sp³-hybridized carbons (Fsp3) is 0.500. The van der Waals surface area contributed by atoms with Crippen molar-refractivity contribution >= 4 is 21.6 Å². The molecule has 0 amide bonds. The summed E-state index contributed by atoms with van der Waals surface area (Å²) in [6.45, 7) is 5.83. The molecule has 1 saturated heterocycles. The van der Waals surface area contributed by atoms with Crippen LogP contribution in [0.25, 0.3) is 0 Å². The highest BCUT2D eigenvalue weighted by Gasteiger charge is 2.19. The van der Waals surface area contributed by atoms with Crippen molar-refractivity contribution < 1.29 is 4.92 Å². The van der Waals surface area contributed by atoms with Crippen LogP contribution in [0.4, 0.5) is 5.69 Å². The molecule has 1 heterocycles. The fourth-order valence-corrected chi connectivity index (χ4v) is 2.71. The van der Waals surface area contributed by atoms with E-state index in [1.54, 1.807) is 6.07 Å². The van der Waals surface area contributed by atoms with Crippen LogP contribution >= 0.6 is 15.9 Å². The Bertz CT molecular complexity index is 453. The molecule has 1 atom stereocenters. The van der Waals surface area contributed by atoms with Crippen molar-refractivity contribution in [1.82, 2.24) is 10.2 Å². The van der Waals surface area contributed by atoms with Crippen molar-refractivity contribution in [3.05, 3.63) is 38.3 Å². The average Bonchev–Trinajstić information content (AvgIpc) is 2.31. The Morgan fingerprint density at radius 3 is 3.00 bits per heavy atom. The van der Waals surface area contributed by atoms with Crippen molar-refractivity contribution in [2.24, 2.45) is 0 Å². The van der Waals surface area contributed by atoms with Gasteiger partial charge in [0.05, 0.1) is 4.92 Å². The quantitative estimate of drug-likeness (QED) is 0.686. The van der Waals surface area contributed by atoms with E-state index >= 15 is 0 Å². The Balaban J connectivity index is 2.15. The zero-order valence-corrected chi connectivity index (χ0v) is 11.8. The van der Waals surface area contributed by atoms with Gasteiger partial charge in [0.2, 0.25) is 0 Å². The molecule has 0 radical (unpaired) electrons. The van der Waals surface area contributed by atoms with Gasteiger partial charge in [-0.2, -0.15) is 0 Å². The van der Waals surface area contributed by atoms with Gasteiger partial charge >= 0.3 is 0 Å². The molecule has 1 fully saturated rings. The molecular formula is C12H16BrN3O2. The summed E-state index contributed by atoms with van der Waals surface area (Å²) in [5.41, 5.74) is 1.12. The molecule has 0 aromatic heterocycles. The van der Waals surface area contributed by atoms with Gasteiger partial charge < -0.3 is 5.32 Å². The van der Waals surface area contributed by atoms with Crippen molar-refractivity contribution in [1.29, 1.82) is 0 Å². The predicted octanol–water partition coefficient (Wildman–Crippen LogP) is 2.15. The number of hydrogen-bond acceptors (Lipinski definition) is 4. The topological polar surface area (TPSA) is 58.4 Å². The van der Waals surface area contributed by atoms with E-state index < -0.39 is 0 Å². The van der Waals surface area contributed by atoms with Gasteiger partial charge in [0.25, 0.3) is 5.69 Å². The number of rotatable bonds is 3. The average molecular weight is 314 g/mol. The molecule has 1 aromatic carbocycles. The van der Waals surface area contributed by atoms with Crippen LogP contribution in [0.2, 0.25) is 0 Å². The maximum Gasteiger partial charge on any atom is 0.270 e. The summed E-state index contributed by atoms with van der Waals surface area (Å²) in [6, 6.07) is 5.59. The number of halogens is 1. The highest BCUT2D eigenvalue weighted by atomic mass is 79.9. The number of nitro groups is 1. The summed E-state index contributed by atoms with van der Waals surface area (Å²) in [5.74, 6) is 0. The summed E-state index contributed by atoms with van der Waals surface area (Å²) < 4.78 is 0.759. The zero-order valence-electron chi connectivity index (χ0n) is 10.2. The summed E-state index contributed by atoms with van der Waals surface area (Å²) in [7, 11) is 0. The Labute approximate surface area is 114 Å². The molecule has 1 aromatic rings. The molecular weight excluding hydrogens is 298 g/mol. The second-order valence-electron chi connectivity index (χ2n) is 4.60. The maximum atomic E-state index is 10.8. The third kappa shape index (κ3) is 3.28. The monoisotopic (exact) mass is 313 g/mol. The van der Waals surface area contributed by atoms with Gasteiger partial charge in [0.1, 0.15) is 0 Å². The number of nitrogens with one attached hydrogen (secondary N) is 1. The molecule has 0 spiro atoms. The molecule has 6 heteroatoms. The third-order valence-electron chi connectivity index (χ3n) is 3.18. The predicted molar refractivity (Wildman–Crippen MR) is 73.5 cm³/mol. The summed E-state index contributed by atoms with van der Waals surface area (Å²) in [6.07, 6.45) is 0. The van der Waals surface area contributed by atoms with Crippen molar-refractivity contribution in [3.8, 4) is 0 Å². The van der Waals surface area contributed by atoms with Crippen molar-refractivity contribution in [3.63, 3.8) is 0 Å². The molecule has 0 unspecified atom stereocenters. The van der Waals surface area contributed by atoms with Gasteiger partial charge in [0.15, 0.2) is 0 Å². The highest BCUT2D eigenvalue weighted by molar-refractivity contribution is 9.10. The van der Waals surface area contributed by atoms with Crippen LogP contribution < -0.4 is 5.32 Å². The third-order valence-corrected chi connectivity index (χ3v) is 3.64. The van der Waals surface area contributed by atoms with Gasteiger partial charge in [0, 0.05) is 48.8 Å². The molecule has 1 aliphatic rings. The SMILES string of the molecule is C[C@@H]1CNCCN1Cc1cc(Br)cc([N+](=O)[O-])c1. The van der Waals surface area contributed by atoms with Crippen LogP contribution in [0.15, 0.2) is 22.7 Å². The van der Waals surface area contributed by atoms with E-state index in [4.69, 9.17) is 0 Å². The first-order valence-electron chi connectivity index (χ1n) is 5.95. The Morgan fingerprint density at radius 2 is 2.33 bits per heavy atom. The molecule has 0 bridgehead atoms. The number of benzene rings is 1. The van der Waals surface area contributed by atoms with Crippen LogP contribution in [-0.2, 0) is 6.54 Å². The molecule has 5 nitrogen and oxygen atoms in total. The number of piperazine rings is 1. The molecule has 0 aliphatic carbocycles. The van der Waals surface area contributed by atoms with Crippen LogP contribution in [0, 0.1) is 10.1 Å². The lowest BCUT2D eigenvalue weighted by molar-refractivity contribution is -0.385. The lowest BCUT2D eigenvalue weighted by Crippen LogP contribution is -2.49. The van der Waals surface area contributed by atoms with Crippen LogP contribution in [0.5, 0.6) is 0 Å². The van der Waals surface area contributed by atoms with E-state index in [0.717, 1.165) is 36.2 Å². The normalized spacial score (nSPS) is 20.9. The van der Waals surface area contributed by atoms with Gasteiger partial charge in [-0.3, -0.25) is 15.0 Å². The summed E-state index contributed by atoms with van der Waals surface area (Å²) in [4.78, 5) is 12.8. The summed E-state index contributed by atoms with van der Waals surface area (Å²) in [5, 5.41) is 14.2. The van der Waals surface area contributed by atoms with E-state index in [1.807, 2.05) is 6.07 Å². The second-order valence-corrected chi connectivity index (χ2v) is 5.51. The number of nitrogens with zero attached hydrogens (tertiary/aromatic N) is 2. The number of hydrogen-bond donors (Lipinski definition) is 1. The van der Waals surface area contributed by atoms with Crippen LogP contribution in [0.3, 0.4) is 0 Å². The molecule has 98 valence electrons. The van der Waals surface area contributed by atoms with E-state index in [1.165, 1.54) is 6.07 Å². The molecule has 1 aliphatic heterocycles. The largest absolute Gasteiger partial charge is 0.314 e. The van der Waals surface area contributed by atoms with Gasteiger partial charge in [-0.25, -0.2) is 0 Å². The van der Waals surface area contributed by atoms with Crippen LogP contribution in [0.1, 0.15) is 12.5 Å². The van der Waals surface area contributed by atoms with E-state index in [-0.39, 0.29) is 10.6 Å². The Morgan fingerprint density at radius 1 is 1.56 bits per heavy atom. The molecule has 1 N–H and O–H groups in total. The number of nitro benzene ring substituents is 1. The van der Waals surface area contributed by atoms with E-state index in [9.17, 15) is 10.1 Å². The lowest BCUT2D eigenvalue weighted by Gasteiger charge is -2.33. The first kappa shape index (κ1) is 13.5. The van der Waals surface area contributed by atoms with E-state index in [0.29, 0.717) is 6.04 Å². The molecule has 0 saturated carbocycles.